The zero-order chi connectivity index (χ0) is 11.2. The van der Waals surface area contributed by atoms with Crippen LogP contribution in [0.3, 0.4) is 0 Å². The molecule has 2 heterocycles. The van der Waals surface area contributed by atoms with Crippen LogP contribution in [0, 0.1) is 25.4 Å². The fourth-order valence-corrected chi connectivity index (χ4v) is 1.57. The maximum atomic E-state index is 11.5. The Balaban J connectivity index is 3.06. The second kappa shape index (κ2) is 3.27. The zero-order valence-electron chi connectivity index (χ0n) is 8.79. The highest BCUT2D eigenvalue weighted by atomic mass is 32.1. The molecule has 0 aliphatic heterocycles. The summed E-state index contributed by atoms with van der Waals surface area (Å²) in [6.07, 6.45) is 1.89. The first-order valence-corrected chi connectivity index (χ1v) is 5.01. The number of hydrogen-bond acceptors (Lipinski definition) is 3. The molecule has 2 aromatic heterocycles. The molecule has 0 saturated heterocycles. The normalized spacial score (nSPS) is 10.9. The number of nitrogens with zero attached hydrogens (tertiary/aromatic N) is 2. The zero-order valence-corrected chi connectivity index (χ0v) is 9.60. The van der Waals surface area contributed by atoms with Crippen molar-refractivity contribution in [2.24, 2.45) is 0 Å². The van der Waals surface area contributed by atoms with E-state index in [0.717, 1.165) is 11.3 Å². The van der Waals surface area contributed by atoms with Crippen molar-refractivity contribution in [1.82, 2.24) is 14.4 Å². The van der Waals surface area contributed by atoms with Crippen molar-refractivity contribution in [2.75, 3.05) is 0 Å². The lowest BCUT2D eigenvalue weighted by molar-refractivity contribution is 0.930. The van der Waals surface area contributed by atoms with E-state index in [9.17, 15) is 4.79 Å². The average Bonchev–Trinajstić information content (AvgIpc) is 2.19. The summed E-state index contributed by atoms with van der Waals surface area (Å²) in [4.78, 5) is 18.4. The molecular weight excluding hydrogens is 210 g/mol. The van der Waals surface area contributed by atoms with Gasteiger partial charge in [0, 0.05) is 23.0 Å². The molecule has 0 fully saturated rings. The van der Waals surface area contributed by atoms with Gasteiger partial charge in [-0.1, -0.05) is 12.2 Å². The van der Waals surface area contributed by atoms with Gasteiger partial charge in [-0.3, -0.25) is 14.2 Å². The van der Waals surface area contributed by atoms with Crippen LogP contribution < -0.4 is 5.56 Å². The van der Waals surface area contributed by atoms with Gasteiger partial charge in [0.25, 0.3) is 5.56 Å². The largest absolute Gasteiger partial charge is 0.292 e. The summed E-state index contributed by atoms with van der Waals surface area (Å²) in [5.41, 5.74) is 2.40. The molecule has 2 rings (SSSR count). The molecule has 0 spiro atoms. The van der Waals surface area contributed by atoms with Gasteiger partial charge in [-0.05, 0) is 20.8 Å². The summed E-state index contributed by atoms with van der Waals surface area (Å²) in [6, 6.07) is 0. The third kappa shape index (κ3) is 1.48. The van der Waals surface area contributed by atoms with Gasteiger partial charge in [-0.25, -0.2) is 4.98 Å². The summed E-state index contributed by atoms with van der Waals surface area (Å²) in [6.45, 7) is 5.58. The Morgan fingerprint density at radius 3 is 2.73 bits per heavy atom. The van der Waals surface area contributed by atoms with Crippen LogP contribution in [0.1, 0.15) is 16.8 Å². The van der Waals surface area contributed by atoms with Crippen molar-refractivity contribution >= 4 is 18.0 Å². The van der Waals surface area contributed by atoms with E-state index in [1.54, 1.807) is 6.92 Å². The van der Waals surface area contributed by atoms with Gasteiger partial charge in [0.1, 0.15) is 4.64 Å². The van der Waals surface area contributed by atoms with Crippen LogP contribution in [-0.2, 0) is 0 Å². The highest BCUT2D eigenvalue weighted by molar-refractivity contribution is 7.71. The molecule has 0 aromatic carbocycles. The molecule has 2 aromatic rings. The first-order valence-electron chi connectivity index (χ1n) is 4.60. The summed E-state index contributed by atoms with van der Waals surface area (Å²) in [7, 11) is 0. The van der Waals surface area contributed by atoms with Crippen LogP contribution >= 0.6 is 12.2 Å². The molecule has 0 aliphatic carbocycles. The lowest BCUT2D eigenvalue weighted by Crippen LogP contribution is -2.17. The Morgan fingerprint density at radius 1 is 1.40 bits per heavy atom. The van der Waals surface area contributed by atoms with Gasteiger partial charge >= 0.3 is 0 Å². The van der Waals surface area contributed by atoms with Crippen molar-refractivity contribution in [3.8, 4) is 0 Å². The molecule has 0 radical (unpaired) electrons. The summed E-state index contributed by atoms with van der Waals surface area (Å²) < 4.78 is 2.37. The number of rotatable bonds is 0. The van der Waals surface area contributed by atoms with Crippen molar-refractivity contribution in [3.63, 3.8) is 0 Å². The number of nitrogens with one attached hydrogen (secondary N) is 1. The molecule has 0 unspecified atom stereocenters. The van der Waals surface area contributed by atoms with E-state index in [0.29, 0.717) is 16.0 Å². The lowest BCUT2D eigenvalue weighted by Gasteiger charge is -2.07. The fourth-order valence-electron chi connectivity index (χ4n) is 1.43. The number of H-pyrrole nitrogens is 1. The predicted octanol–water partition coefficient (Wildman–Crippen LogP) is 1.68. The number of aryl methyl sites for hydroxylation is 2. The van der Waals surface area contributed by atoms with Gasteiger partial charge in [0.15, 0.2) is 0 Å². The maximum absolute atomic E-state index is 11.5. The SMILES string of the molecule is Cc1cn2c(C)c(C)c(=O)[nH]c2nc1=S. The number of aromatic amines is 1. The first-order chi connectivity index (χ1) is 7.00. The molecular formula is C10H11N3OS. The van der Waals surface area contributed by atoms with Crippen LogP contribution in [-0.4, -0.2) is 14.4 Å². The van der Waals surface area contributed by atoms with E-state index in [4.69, 9.17) is 12.2 Å². The van der Waals surface area contributed by atoms with E-state index in [2.05, 4.69) is 9.97 Å². The van der Waals surface area contributed by atoms with Gasteiger partial charge in [0.2, 0.25) is 5.78 Å². The smallest absolute Gasteiger partial charge is 0.255 e. The van der Waals surface area contributed by atoms with Crippen molar-refractivity contribution in [1.29, 1.82) is 0 Å². The van der Waals surface area contributed by atoms with E-state index in [1.165, 1.54) is 0 Å². The van der Waals surface area contributed by atoms with Crippen LogP contribution in [0.2, 0.25) is 0 Å². The minimum Gasteiger partial charge on any atom is -0.292 e. The molecule has 0 aliphatic rings. The topological polar surface area (TPSA) is 50.2 Å². The second-order valence-electron chi connectivity index (χ2n) is 3.59. The Bertz CT molecular complexity index is 649. The van der Waals surface area contributed by atoms with Crippen molar-refractivity contribution in [3.05, 3.63) is 38.0 Å². The van der Waals surface area contributed by atoms with Gasteiger partial charge < -0.3 is 0 Å². The Morgan fingerprint density at radius 2 is 2.07 bits per heavy atom. The number of hydrogen-bond donors (Lipinski definition) is 1. The second-order valence-corrected chi connectivity index (χ2v) is 3.97. The maximum Gasteiger partial charge on any atom is 0.255 e. The predicted molar refractivity (Wildman–Crippen MR) is 60.9 cm³/mol. The fraction of sp³-hybridized carbons (Fsp3) is 0.300. The number of aromatic nitrogens is 3. The highest BCUT2D eigenvalue weighted by Gasteiger charge is 2.05. The highest BCUT2D eigenvalue weighted by Crippen LogP contribution is 2.06. The van der Waals surface area contributed by atoms with Crippen LogP contribution in [0.15, 0.2) is 11.0 Å². The summed E-state index contributed by atoms with van der Waals surface area (Å²) >= 11 is 5.05. The van der Waals surface area contributed by atoms with E-state index in [-0.39, 0.29) is 5.56 Å². The van der Waals surface area contributed by atoms with Gasteiger partial charge in [0.05, 0.1) is 0 Å². The third-order valence-corrected chi connectivity index (χ3v) is 2.98. The van der Waals surface area contributed by atoms with Gasteiger partial charge in [-0.15, -0.1) is 0 Å². The third-order valence-electron chi connectivity index (χ3n) is 2.57. The molecule has 0 saturated carbocycles. The molecule has 0 amide bonds. The Labute approximate surface area is 91.6 Å². The monoisotopic (exact) mass is 221 g/mol. The van der Waals surface area contributed by atoms with Crippen molar-refractivity contribution in [2.45, 2.75) is 20.8 Å². The summed E-state index contributed by atoms with van der Waals surface area (Å²) in [5.74, 6) is 0.499. The lowest BCUT2D eigenvalue weighted by atomic mass is 10.2. The van der Waals surface area contributed by atoms with E-state index < -0.39 is 0 Å². The quantitative estimate of drug-likeness (QED) is 0.688. The van der Waals surface area contributed by atoms with Crippen molar-refractivity contribution < 1.29 is 0 Å². The summed E-state index contributed by atoms with van der Waals surface area (Å²) in [5, 5.41) is 0. The average molecular weight is 221 g/mol. The van der Waals surface area contributed by atoms with E-state index in [1.807, 2.05) is 24.4 Å². The van der Waals surface area contributed by atoms with Crippen LogP contribution in [0.25, 0.3) is 5.78 Å². The molecule has 4 nitrogen and oxygen atoms in total. The molecule has 0 bridgehead atoms. The number of fused-ring (bicyclic) bond motifs is 1. The van der Waals surface area contributed by atoms with E-state index >= 15 is 0 Å². The Kier molecular flexibility index (Phi) is 2.19. The van der Waals surface area contributed by atoms with Crippen LogP contribution in [0.4, 0.5) is 0 Å². The standard InChI is InChI=1S/C10H11N3OS/c1-5-4-13-7(3)6(2)8(14)11-10(13)12-9(5)15/h4H,1-3H3,(H,11,12,14,15). The van der Waals surface area contributed by atoms with Gasteiger partial charge in [-0.2, -0.15) is 0 Å². The van der Waals surface area contributed by atoms with Crippen LogP contribution in [0.5, 0.6) is 0 Å². The molecule has 5 heteroatoms. The minimum atomic E-state index is -0.113. The molecule has 78 valence electrons. The molecule has 0 atom stereocenters. The minimum absolute atomic E-state index is 0.113. The molecule has 15 heavy (non-hydrogen) atoms. The molecule has 1 N–H and O–H groups in total. The Hall–Kier alpha value is -1.49. The first kappa shape index (κ1) is 10.0.